The van der Waals surface area contributed by atoms with Gasteiger partial charge in [0, 0.05) is 24.7 Å². The van der Waals surface area contributed by atoms with E-state index in [0.29, 0.717) is 24.1 Å². The third-order valence-electron chi connectivity index (χ3n) is 5.43. The lowest BCUT2D eigenvalue weighted by Gasteiger charge is -2.30. The van der Waals surface area contributed by atoms with Gasteiger partial charge in [-0.15, -0.1) is 0 Å². The first-order chi connectivity index (χ1) is 13.6. The number of aromatic nitrogens is 1. The summed E-state index contributed by atoms with van der Waals surface area (Å²) in [6, 6.07) is 9.29. The fourth-order valence-corrected chi connectivity index (χ4v) is 3.95. The minimum absolute atomic E-state index is 0.0101. The van der Waals surface area contributed by atoms with Gasteiger partial charge in [0.1, 0.15) is 11.6 Å². The van der Waals surface area contributed by atoms with Crippen LogP contribution in [0.5, 0.6) is 0 Å². The van der Waals surface area contributed by atoms with Gasteiger partial charge >= 0.3 is 6.03 Å². The normalized spacial score (nSPS) is 17.8. The molecule has 1 saturated carbocycles. The highest BCUT2D eigenvalue weighted by Gasteiger charge is 2.35. The summed E-state index contributed by atoms with van der Waals surface area (Å²) in [6.45, 7) is 1.35. The molecule has 6 nitrogen and oxygen atoms in total. The molecule has 4 rings (SSSR count). The van der Waals surface area contributed by atoms with Gasteiger partial charge in [0.2, 0.25) is 0 Å². The summed E-state index contributed by atoms with van der Waals surface area (Å²) < 4.78 is 13.3. The molecule has 2 heterocycles. The van der Waals surface area contributed by atoms with Gasteiger partial charge in [-0.3, -0.25) is 9.69 Å². The number of nitrogens with zero attached hydrogens (tertiary/aromatic N) is 3. The van der Waals surface area contributed by atoms with Gasteiger partial charge in [0.05, 0.1) is 11.9 Å². The zero-order chi connectivity index (χ0) is 19.5. The number of hydrogen-bond acceptors (Lipinski definition) is 3. The van der Waals surface area contributed by atoms with E-state index in [1.54, 1.807) is 23.1 Å². The number of hydrogen-bond donors (Lipinski definition) is 1. The molecule has 1 aliphatic carbocycles. The predicted molar refractivity (Wildman–Crippen MR) is 105 cm³/mol. The second-order valence-electron chi connectivity index (χ2n) is 7.29. The zero-order valence-corrected chi connectivity index (χ0v) is 15.6. The fraction of sp³-hybridized carbons (Fsp3) is 0.381. The Hall–Kier alpha value is -2.96. The van der Waals surface area contributed by atoms with Crippen LogP contribution in [0.1, 0.15) is 42.5 Å². The third kappa shape index (κ3) is 3.83. The number of halogens is 1. The Balaban J connectivity index is 1.40. The van der Waals surface area contributed by atoms with Gasteiger partial charge in [-0.05, 0) is 43.2 Å². The van der Waals surface area contributed by atoms with E-state index in [4.69, 9.17) is 0 Å². The molecule has 2 aliphatic rings. The third-order valence-corrected chi connectivity index (χ3v) is 5.43. The Labute approximate surface area is 163 Å². The molecule has 3 amide bonds. The first-order valence-corrected chi connectivity index (χ1v) is 9.73. The van der Waals surface area contributed by atoms with Crippen molar-refractivity contribution < 1.29 is 14.0 Å². The molecule has 0 spiro atoms. The Morgan fingerprint density at radius 3 is 2.64 bits per heavy atom. The average molecular weight is 382 g/mol. The van der Waals surface area contributed by atoms with E-state index in [1.807, 2.05) is 4.90 Å². The van der Waals surface area contributed by atoms with Crippen LogP contribution in [0.15, 0.2) is 42.6 Å². The van der Waals surface area contributed by atoms with Crippen molar-refractivity contribution in [2.45, 2.75) is 38.1 Å². The maximum Gasteiger partial charge on any atom is 0.326 e. The van der Waals surface area contributed by atoms with Crippen LogP contribution in [0.3, 0.4) is 0 Å². The van der Waals surface area contributed by atoms with Crippen LogP contribution in [-0.4, -0.2) is 41.0 Å². The summed E-state index contributed by atoms with van der Waals surface area (Å²) in [4.78, 5) is 33.0. The summed E-state index contributed by atoms with van der Waals surface area (Å²) in [5.41, 5.74) is 0.732. The fourth-order valence-electron chi connectivity index (χ4n) is 3.95. The lowest BCUT2D eigenvalue weighted by atomic mass is 9.94. The maximum atomic E-state index is 13.3. The standard InChI is InChI=1S/C21H23FN4O2/c22-16-6-4-5-15(13-16)20(27)24-17-9-10-19(23-14-17)26-12-11-25(21(26)28)18-7-2-1-3-8-18/h4-6,9-10,13-14,18H,1-3,7-8,11-12H2,(H,24,27). The van der Waals surface area contributed by atoms with E-state index in [2.05, 4.69) is 10.3 Å². The van der Waals surface area contributed by atoms with Crippen molar-refractivity contribution in [3.63, 3.8) is 0 Å². The molecule has 7 heteroatoms. The Kier molecular flexibility index (Phi) is 5.23. The smallest absolute Gasteiger partial charge is 0.321 e. The SMILES string of the molecule is O=C(Nc1ccc(N2CCN(C3CCCCC3)C2=O)nc1)c1cccc(F)c1. The van der Waals surface area contributed by atoms with Crippen LogP contribution in [0.4, 0.5) is 20.7 Å². The first kappa shape index (κ1) is 18.4. The molecular formula is C21H23FN4O2. The molecule has 1 aromatic heterocycles. The molecular weight excluding hydrogens is 359 g/mol. The Morgan fingerprint density at radius 1 is 1.11 bits per heavy atom. The van der Waals surface area contributed by atoms with Gasteiger partial charge < -0.3 is 10.2 Å². The van der Waals surface area contributed by atoms with Crippen LogP contribution >= 0.6 is 0 Å². The van der Waals surface area contributed by atoms with Crippen molar-refractivity contribution in [3.8, 4) is 0 Å². The number of amides is 3. The number of benzene rings is 1. The van der Waals surface area contributed by atoms with Gasteiger partial charge in [-0.1, -0.05) is 25.3 Å². The average Bonchev–Trinajstić information content (AvgIpc) is 3.10. The van der Waals surface area contributed by atoms with Crippen LogP contribution in [0, 0.1) is 5.82 Å². The zero-order valence-electron chi connectivity index (χ0n) is 15.6. The van der Waals surface area contributed by atoms with Crippen LogP contribution in [0.2, 0.25) is 0 Å². The number of rotatable bonds is 4. The van der Waals surface area contributed by atoms with E-state index in [9.17, 15) is 14.0 Å². The summed E-state index contributed by atoms with van der Waals surface area (Å²) in [5.74, 6) is -0.293. The number of nitrogens with one attached hydrogen (secondary N) is 1. The quantitative estimate of drug-likeness (QED) is 0.868. The van der Waals surface area contributed by atoms with Crippen molar-refractivity contribution in [2.24, 2.45) is 0 Å². The highest BCUT2D eigenvalue weighted by Crippen LogP contribution is 2.27. The Bertz CT molecular complexity index is 865. The van der Waals surface area contributed by atoms with Gasteiger partial charge in [-0.25, -0.2) is 14.2 Å². The highest BCUT2D eigenvalue weighted by molar-refractivity contribution is 6.04. The molecule has 0 unspecified atom stereocenters. The molecule has 1 aromatic carbocycles. The lowest BCUT2D eigenvalue weighted by Crippen LogP contribution is -2.40. The molecule has 2 fully saturated rings. The van der Waals surface area contributed by atoms with E-state index in [1.165, 1.54) is 43.7 Å². The second-order valence-corrected chi connectivity index (χ2v) is 7.29. The molecule has 146 valence electrons. The van der Waals surface area contributed by atoms with E-state index < -0.39 is 11.7 Å². The van der Waals surface area contributed by atoms with Crippen LogP contribution in [0.25, 0.3) is 0 Å². The summed E-state index contributed by atoms with van der Waals surface area (Å²) >= 11 is 0. The predicted octanol–water partition coefficient (Wildman–Crippen LogP) is 4.05. The molecule has 1 saturated heterocycles. The van der Waals surface area contributed by atoms with Crippen molar-refractivity contribution in [1.82, 2.24) is 9.88 Å². The molecule has 2 aromatic rings. The number of carbonyl (C=O) groups is 2. The summed E-state index contributed by atoms with van der Waals surface area (Å²) in [5, 5.41) is 2.69. The lowest BCUT2D eigenvalue weighted by molar-refractivity contribution is 0.102. The van der Waals surface area contributed by atoms with E-state index in [-0.39, 0.29) is 11.6 Å². The van der Waals surface area contributed by atoms with Crippen molar-refractivity contribution >= 4 is 23.4 Å². The number of pyridine rings is 1. The summed E-state index contributed by atoms with van der Waals surface area (Å²) in [7, 11) is 0. The number of urea groups is 1. The topological polar surface area (TPSA) is 65.5 Å². The van der Waals surface area contributed by atoms with Crippen molar-refractivity contribution in [3.05, 3.63) is 54.0 Å². The van der Waals surface area contributed by atoms with Gasteiger partial charge in [0.25, 0.3) is 5.91 Å². The molecule has 28 heavy (non-hydrogen) atoms. The molecule has 0 atom stereocenters. The monoisotopic (exact) mass is 382 g/mol. The molecule has 0 radical (unpaired) electrons. The van der Waals surface area contributed by atoms with E-state index >= 15 is 0 Å². The first-order valence-electron chi connectivity index (χ1n) is 9.73. The maximum absolute atomic E-state index is 13.3. The van der Waals surface area contributed by atoms with E-state index in [0.717, 1.165) is 19.4 Å². The van der Waals surface area contributed by atoms with Gasteiger partial charge in [0.15, 0.2) is 0 Å². The van der Waals surface area contributed by atoms with Gasteiger partial charge in [-0.2, -0.15) is 0 Å². The summed E-state index contributed by atoms with van der Waals surface area (Å²) in [6.07, 6.45) is 7.31. The van der Waals surface area contributed by atoms with Crippen LogP contribution in [-0.2, 0) is 0 Å². The van der Waals surface area contributed by atoms with Crippen molar-refractivity contribution in [2.75, 3.05) is 23.3 Å². The Morgan fingerprint density at radius 2 is 1.93 bits per heavy atom. The molecule has 1 aliphatic heterocycles. The minimum atomic E-state index is -0.462. The van der Waals surface area contributed by atoms with Crippen LogP contribution < -0.4 is 10.2 Å². The number of anilines is 2. The number of carbonyl (C=O) groups excluding carboxylic acids is 2. The minimum Gasteiger partial charge on any atom is -0.321 e. The molecule has 0 bridgehead atoms. The molecule has 1 N–H and O–H groups in total. The second kappa shape index (κ2) is 7.96. The largest absolute Gasteiger partial charge is 0.326 e. The van der Waals surface area contributed by atoms with Crippen molar-refractivity contribution in [1.29, 1.82) is 0 Å². The highest BCUT2D eigenvalue weighted by atomic mass is 19.1.